The number of hydrogen-bond donors (Lipinski definition) is 0. The number of carbonyl (C=O) groups is 1. The lowest BCUT2D eigenvalue weighted by Gasteiger charge is -2.23. The fourth-order valence-electron chi connectivity index (χ4n) is 6.33. The van der Waals surface area contributed by atoms with Gasteiger partial charge in [0, 0.05) is 25.2 Å². The number of ether oxygens (including phenoxy) is 4. The summed E-state index contributed by atoms with van der Waals surface area (Å²) in [6.07, 6.45) is 12.4. The van der Waals surface area contributed by atoms with Crippen LogP contribution in [0.25, 0.3) is 11.1 Å². The number of rotatable bonds is 27. The van der Waals surface area contributed by atoms with E-state index in [-0.39, 0.29) is 17.5 Å². The minimum Gasteiger partial charge on any atom is -0.455 e. The Labute approximate surface area is 316 Å². The topological polar surface area (TPSA) is 54.0 Å². The predicted molar refractivity (Wildman–Crippen MR) is 208 cm³/mol. The van der Waals surface area contributed by atoms with Crippen LogP contribution in [0.5, 0.6) is 5.75 Å². The summed E-state index contributed by atoms with van der Waals surface area (Å²) in [5, 5.41) is 0. The first-order valence-corrected chi connectivity index (χ1v) is 19.7. The average molecular weight is 729 g/mol. The van der Waals surface area contributed by atoms with E-state index < -0.39 is 17.9 Å². The Morgan fingerprint density at radius 3 is 1.70 bits per heavy atom. The van der Waals surface area contributed by atoms with Gasteiger partial charge in [0.05, 0.1) is 19.1 Å². The molecule has 286 valence electrons. The maximum absolute atomic E-state index is 14.4. The molecule has 0 fully saturated rings. The van der Waals surface area contributed by atoms with Gasteiger partial charge in [0.1, 0.15) is 5.75 Å². The lowest BCUT2D eigenvalue weighted by Crippen LogP contribution is -2.28. The van der Waals surface area contributed by atoms with Crippen LogP contribution in [-0.4, -0.2) is 25.5 Å². The molecule has 0 saturated heterocycles. The summed E-state index contributed by atoms with van der Waals surface area (Å²) in [7, 11) is 0. The van der Waals surface area contributed by atoms with E-state index >= 15 is 0 Å². The van der Waals surface area contributed by atoms with Gasteiger partial charge in [-0.05, 0) is 67.0 Å². The van der Waals surface area contributed by atoms with Gasteiger partial charge < -0.3 is 18.9 Å². The number of halogens is 2. The van der Waals surface area contributed by atoms with Crippen LogP contribution in [0.1, 0.15) is 108 Å². The second kappa shape index (κ2) is 25.0. The standard InChI is InChI=1S/C46H58F2O5/c1-2-3-10-28-44(52-41-31-29-39(30-32-41)42-26-19-27-43(47)45(42)48)53-46(49)40(24-15-4-6-17-33-50-35-37-20-11-8-12-21-37)25-16-5-7-18-34-51-36-38-22-13-9-14-23-38/h8-9,11-14,19-23,26-27,29-32,40,44H,2-7,10,15-18,24-25,28,33-36H2,1H3. The van der Waals surface area contributed by atoms with Crippen molar-refractivity contribution in [2.75, 3.05) is 13.2 Å². The van der Waals surface area contributed by atoms with Crippen LogP contribution in [0.2, 0.25) is 0 Å². The van der Waals surface area contributed by atoms with Crippen molar-refractivity contribution >= 4 is 5.97 Å². The Morgan fingerprint density at radius 2 is 1.13 bits per heavy atom. The number of esters is 1. The van der Waals surface area contributed by atoms with Crippen molar-refractivity contribution in [1.82, 2.24) is 0 Å². The van der Waals surface area contributed by atoms with Gasteiger partial charge in [-0.3, -0.25) is 4.79 Å². The molecule has 5 nitrogen and oxygen atoms in total. The van der Waals surface area contributed by atoms with Crippen molar-refractivity contribution in [3.8, 4) is 16.9 Å². The van der Waals surface area contributed by atoms with Gasteiger partial charge in [0.15, 0.2) is 11.6 Å². The lowest BCUT2D eigenvalue weighted by atomic mass is 9.94. The van der Waals surface area contributed by atoms with E-state index in [0.29, 0.717) is 30.9 Å². The highest BCUT2D eigenvalue weighted by Crippen LogP contribution is 2.28. The summed E-state index contributed by atoms with van der Waals surface area (Å²) in [6.45, 7) is 4.85. The molecule has 0 aliphatic rings. The molecular weight excluding hydrogens is 670 g/mol. The van der Waals surface area contributed by atoms with Crippen molar-refractivity contribution in [3.63, 3.8) is 0 Å². The Morgan fingerprint density at radius 1 is 0.585 bits per heavy atom. The molecule has 53 heavy (non-hydrogen) atoms. The van der Waals surface area contributed by atoms with E-state index in [9.17, 15) is 13.6 Å². The second-order valence-electron chi connectivity index (χ2n) is 13.8. The van der Waals surface area contributed by atoms with Crippen molar-refractivity contribution in [2.24, 2.45) is 5.92 Å². The third-order valence-corrected chi connectivity index (χ3v) is 9.41. The van der Waals surface area contributed by atoms with Crippen molar-refractivity contribution in [3.05, 3.63) is 126 Å². The van der Waals surface area contributed by atoms with Crippen molar-refractivity contribution < 1.29 is 32.5 Å². The summed E-state index contributed by atoms with van der Waals surface area (Å²) >= 11 is 0. The third kappa shape index (κ3) is 16.2. The first-order chi connectivity index (χ1) is 26.0. The molecule has 1 unspecified atom stereocenters. The summed E-state index contributed by atoms with van der Waals surface area (Å²) in [5.41, 5.74) is 3.09. The molecule has 0 heterocycles. The summed E-state index contributed by atoms with van der Waals surface area (Å²) in [4.78, 5) is 13.7. The molecule has 7 heteroatoms. The second-order valence-corrected chi connectivity index (χ2v) is 13.8. The number of carbonyl (C=O) groups excluding carboxylic acids is 1. The Kier molecular flexibility index (Phi) is 19.7. The molecule has 4 rings (SSSR count). The van der Waals surface area contributed by atoms with Crippen molar-refractivity contribution in [1.29, 1.82) is 0 Å². The summed E-state index contributed by atoms with van der Waals surface area (Å²) < 4.78 is 52.2. The first-order valence-electron chi connectivity index (χ1n) is 19.7. The number of benzene rings is 4. The van der Waals surface area contributed by atoms with Crippen molar-refractivity contribution in [2.45, 2.75) is 116 Å². The Balaban J connectivity index is 1.26. The number of hydrogen-bond acceptors (Lipinski definition) is 5. The molecule has 0 bridgehead atoms. The first kappa shape index (κ1) is 41.7. The molecule has 0 radical (unpaired) electrons. The molecule has 0 aliphatic heterocycles. The van der Waals surface area contributed by atoms with E-state index in [0.717, 1.165) is 103 Å². The molecular formula is C46H58F2O5. The fourth-order valence-corrected chi connectivity index (χ4v) is 6.33. The quantitative estimate of drug-likeness (QED) is 0.0348. The van der Waals surface area contributed by atoms with Gasteiger partial charge in [-0.25, -0.2) is 8.78 Å². The molecule has 4 aromatic rings. The maximum Gasteiger partial charge on any atom is 0.312 e. The Bertz CT molecular complexity index is 1490. The van der Waals surface area contributed by atoms with E-state index in [1.54, 1.807) is 30.3 Å². The van der Waals surface area contributed by atoms with Crippen LogP contribution in [0.3, 0.4) is 0 Å². The smallest absolute Gasteiger partial charge is 0.312 e. The fraction of sp³-hybridized carbons (Fsp3) is 0.457. The summed E-state index contributed by atoms with van der Waals surface area (Å²) in [6, 6.07) is 31.4. The maximum atomic E-state index is 14.4. The Hall–Kier alpha value is -4.07. The molecule has 0 spiro atoms. The van der Waals surface area contributed by atoms with Crippen LogP contribution in [-0.2, 0) is 32.2 Å². The van der Waals surface area contributed by atoms with E-state index in [1.165, 1.54) is 17.2 Å². The number of unbranched alkanes of at least 4 members (excludes halogenated alkanes) is 8. The average Bonchev–Trinajstić information content (AvgIpc) is 3.18. The molecule has 0 amide bonds. The zero-order valence-corrected chi connectivity index (χ0v) is 31.5. The van der Waals surface area contributed by atoms with Crippen LogP contribution in [0.4, 0.5) is 8.78 Å². The summed E-state index contributed by atoms with van der Waals surface area (Å²) in [5.74, 6) is -1.66. The van der Waals surface area contributed by atoms with Crippen LogP contribution in [0.15, 0.2) is 103 Å². The SMILES string of the molecule is CCCCCC(OC(=O)C(CCCCCCOCc1ccccc1)CCCCCCOCc1ccccc1)Oc1ccc(-c2cccc(F)c2F)cc1. The van der Waals surface area contributed by atoms with Gasteiger partial charge in [-0.2, -0.15) is 0 Å². The normalized spacial score (nSPS) is 11.8. The van der Waals surface area contributed by atoms with E-state index in [2.05, 4.69) is 31.2 Å². The minimum atomic E-state index is -0.888. The lowest BCUT2D eigenvalue weighted by molar-refractivity contribution is -0.170. The van der Waals surface area contributed by atoms with Gasteiger partial charge in [0.25, 0.3) is 0 Å². The van der Waals surface area contributed by atoms with Gasteiger partial charge in [-0.1, -0.05) is 143 Å². The van der Waals surface area contributed by atoms with Gasteiger partial charge in [0.2, 0.25) is 6.29 Å². The third-order valence-electron chi connectivity index (χ3n) is 9.41. The molecule has 0 saturated carbocycles. The minimum absolute atomic E-state index is 0.185. The predicted octanol–water partition coefficient (Wildman–Crippen LogP) is 12.4. The monoisotopic (exact) mass is 728 g/mol. The molecule has 0 aliphatic carbocycles. The zero-order valence-electron chi connectivity index (χ0n) is 31.5. The molecule has 0 N–H and O–H groups in total. The zero-order chi connectivity index (χ0) is 37.4. The van der Waals surface area contributed by atoms with Crippen LogP contribution >= 0.6 is 0 Å². The highest BCUT2D eigenvalue weighted by Gasteiger charge is 2.24. The highest BCUT2D eigenvalue weighted by molar-refractivity contribution is 5.72. The van der Waals surface area contributed by atoms with Gasteiger partial charge in [-0.15, -0.1) is 0 Å². The van der Waals surface area contributed by atoms with Gasteiger partial charge >= 0.3 is 5.97 Å². The highest BCUT2D eigenvalue weighted by atomic mass is 19.2. The largest absolute Gasteiger partial charge is 0.455 e. The van der Waals surface area contributed by atoms with Crippen LogP contribution < -0.4 is 4.74 Å². The van der Waals surface area contributed by atoms with E-state index in [4.69, 9.17) is 18.9 Å². The molecule has 0 aromatic heterocycles. The van der Waals surface area contributed by atoms with Crippen LogP contribution in [0, 0.1) is 17.6 Å². The van der Waals surface area contributed by atoms with E-state index in [1.807, 2.05) is 36.4 Å². The molecule has 1 atom stereocenters. The molecule has 4 aromatic carbocycles.